The van der Waals surface area contributed by atoms with Gasteiger partial charge in [0.2, 0.25) is 0 Å². The summed E-state index contributed by atoms with van der Waals surface area (Å²) >= 11 is 0. The molecule has 2 fully saturated rings. The molecule has 2 aliphatic heterocycles. The highest BCUT2D eigenvalue weighted by atomic mass is 19.4. The molecule has 1 aromatic heterocycles. The van der Waals surface area contributed by atoms with Gasteiger partial charge in [-0.2, -0.15) is 13.2 Å². The van der Waals surface area contributed by atoms with E-state index in [0.29, 0.717) is 25.4 Å². The predicted octanol–water partition coefficient (Wildman–Crippen LogP) is 3.41. The Labute approximate surface area is 167 Å². The Morgan fingerprint density at radius 1 is 1.03 bits per heavy atom. The summed E-state index contributed by atoms with van der Waals surface area (Å²) in [4.78, 5) is 12.8. The van der Waals surface area contributed by atoms with Crippen molar-refractivity contribution in [2.24, 2.45) is 0 Å². The molecule has 0 aliphatic carbocycles. The molecule has 2 saturated heterocycles. The van der Waals surface area contributed by atoms with Crippen LogP contribution in [0.25, 0.3) is 0 Å². The van der Waals surface area contributed by atoms with Gasteiger partial charge in [0.05, 0.1) is 18.8 Å². The van der Waals surface area contributed by atoms with E-state index >= 15 is 0 Å². The molecule has 1 aromatic carbocycles. The molecule has 2 aromatic rings. The number of anilines is 3. The maximum absolute atomic E-state index is 13.0. The first-order valence-corrected chi connectivity index (χ1v) is 9.82. The number of nitrogens with zero attached hydrogens (tertiary/aromatic N) is 4. The summed E-state index contributed by atoms with van der Waals surface area (Å²) in [6, 6.07) is 7.56. The number of hydrogen-bond acceptors (Lipinski definition) is 6. The first-order valence-electron chi connectivity index (χ1n) is 9.82. The lowest BCUT2D eigenvalue weighted by Crippen LogP contribution is -2.42. The molecule has 6 nitrogen and oxygen atoms in total. The fraction of sp³-hybridized carbons (Fsp3) is 0.500. The molecule has 0 bridgehead atoms. The van der Waals surface area contributed by atoms with Crippen LogP contribution < -0.4 is 15.1 Å². The van der Waals surface area contributed by atoms with Crippen molar-refractivity contribution in [3.63, 3.8) is 0 Å². The Morgan fingerprint density at radius 2 is 1.86 bits per heavy atom. The van der Waals surface area contributed by atoms with Crippen molar-refractivity contribution < 1.29 is 17.9 Å². The minimum Gasteiger partial charge on any atom is -0.378 e. The standard InChI is InChI=1S/C20H24F3N5O/c21-20(22,23)15-3-1-5-17(11-15)28-6-2-4-16(13-28)26-18-12-19(25-14-24-18)27-7-9-29-10-8-27/h1,3,5,11-12,14,16H,2,4,6-10,13H2,(H,24,25,26). The normalized spacial score (nSPS) is 20.6. The molecule has 1 unspecified atom stereocenters. The summed E-state index contributed by atoms with van der Waals surface area (Å²) in [6.45, 7) is 4.32. The van der Waals surface area contributed by atoms with E-state index in [2.05, 4.69) is 20.2 Å². The van der Waals surface area contributed by atoms with Crippen molar-refractivity contribution in [1.82, 2.24) is 9.97 Å². The Morgan fingerprint density at radius 3 is 2.66 bits per heavy atom. The zero-order valence-electron chi connectivity index (χ0n) is 16.0. The molecule has 1 atom stereocenters. The fourth-order valence-electron chi connectivity index (χ4n) is 3.81. The molecular formula is C20H24F3N5O. The lowest BCUT2D eigenvalue weighted by molar-refractivity contribution is -0.137. The van der Waals surface area contributed by atoms with Gasteiger partial charge in [-0.05, 0) is 31.0 Å². The second-order valence-electron chi connectivity index (χ2n) is 7.34. The van der Waals surface area contributed by atoms with Gasteiger partial charge in [-0.1, -0.05) is 6.07 Å². The molecule has 0 amide bonds. The van der Waals surface area contributed by atoms with Crippen molar-refractivity contribution in [3.8, 4) is 0 Å². The minimum atomic E-state index is -4.33. The Hall–Kier alpha value is -2.55. The molecule has 3 heterocycles. The largest absolute Gasteiger partial charge is 0.416 e. The number of rotatable bonds is 4. The van der Waals surface area contributed by atoms with Crippen LogP contribution in [0.15, 0.2) is 36.7 Å². The number of piperidine rings is 1. The Bertz CT molecular complexity index is 826. The van der Waals surface area contributed by atoms with Crippen LogP contribution in [-0.2, 0) is 10.9 Å². The van der Waals surface area contributed by atoms with Crippen molar-refractivity contribution in [1.29, 1.82) is 0 Å². The van der Waals surface area contributed by atoms with E-state index in [1.165, 1.54) is 12.1 Å². The van der Waals surface area contributed by atoms with E-state index in [4.69, 9.17) is 4.74 Å². The van der Waals surface area contributed by atoms with Gasteiger partial charge in [-0.3, -0.25) is 0 Å². The summed E-state index contributed by atoms with van der Waals surface area (Å²) in [5, 5.41) is 3.43. The first kappa shape index (κ1) is 19.8. The minimum absolute atomic E-state index is 0.103. The molecule has 0 spiro atoms. The van der Waals surface area contributed by atoms with Crippen LogP contribution in [0.4, 0.5) is 30.5 Å². The van der Waals surface area contributed by atoms with Crippen LogP contribution in [0.2, 0.25) is 0 Å². The van der Waals surface area contributed by atoms with E-state index in [1.54, 1.807) is 12.4 Å². The maximum Gasteiger partial charge on any atom is 0.416 e. The summed E-state index contributed by atoms with van der Waals surface area (Å²) in [5.41, 5.74) is -0.0148. The number of hydrogen-bond donors (Lipinski definition) is 1. The monoisotopic (exact) mass is 407 g/mol. The smallest absolute Gasteiger partial charge is 0.378 e. The zero-order valence-corrected chi connectivity index (χ0v) is 16.0. The second kappa shape index (κ2) is 8.44. The second-order valence-corrected chi connectivity index (χ2v) is 7.34. The summed E-state index contributed by atoms with van der Waals surface area (Å²) in [5.74, 6) is 1.59. The van der Waals surface area contributed by atoms with Crippen molar-refractivity contribution in [2.75, 3.05) is 54.5 Å². The number of ether oxygens (including phenoxy) is 1. The highest BCUT2D eigenvalue weighted by Gasteiger charge is 2.31. The van der Waals surface area contributed by atoms with E-state index in [-0.39, 0.29) is 6.04 Å². The average Bonchev–Trinajstić information content (AvgIpc) is 2.74. The number of benzene rings is 1. The van der Waals surface area contributed by atoms with Crippen LogP contribution in [0.3, 0.4) is 0 Å². The van der Waals surface area contributed by atoms with E-state index in [0.717, 1.165) is 50.2 Å². The molecule has 29 heavy (non-hydrogen) atoms. The number of nitrogens with one attached hydrogen (secondary N) is 1. The van der Waals surface area contributed by atoms with Gasteiger partial charge >= 0.3 is 6.18 Å². The third-order valence-corrected chi connectivity index (χ3v) is 5.30. The number of morpholine rings is 1. The quantitative estimate of drug-likeness (QED) is 0.838. The third-order valence-electron chi connectivity index (χ3n) is 5.30. The summed E-state index contributed by atoms with van der Waals surface area (Å²) in [7, 11) is 0. The first-order chi connectivity index (χ1) is 14.0. The molecule has 0 radical (unpaired) electrons. The van der Waals surface area contributed by atoms with Gasteiger partial charge in [-0.15, -0.1) is 0 Å². The topological polar surface area (TPSA) is 53.5 Å². The number of halogens is 3. The van der Waals surface area contributed by atoms with Crippen molar-refractivity contribution in [2.45, 2.75) is 25.1 Å². The summed E-state index contributed by atoms with van der Waals surface area (Å²) < 4.78 is 44.5. The maximum atomic E-state index is 13.0. The number of aromatic nitrogens is 2. The van der Waals surface area contributed by atoms with Gasteiger partial charge in [-0.25, -0.2) is 9.97 Å². The SMILES string of the molecule is FC(F)(F)c1cccc(N2CCCC(Nc3cc(N4CCOCC4)ncn3)C2)c1. The van der Waals surface area contributed by atoms with E-state index in [9.17, 15) is 13.2 Å². The molecule has 1 N–H and O–H groups in total. The van der Waals surface area contributed by atoms with Crippen LogP contribution in [0.5, 0.6) is 0 Å². The highest BCUT2D eigenvalue weighted by Crippen LogP contribution is 2.32. The Kier molecular flexibility index (Phi) is 5.75. The van der Waals surface area contributed by atoms with E-state index < -0.39 is 11.7 Å². The average molecular weight is 407 g/mol. The Balaban J connectivity index is 1.43. The lowest BCUT2D eigenvalue weighted by atomic mass is 10.0. The zero-order chi connectivity index (χ0) is 20.3. The van der Waals surface area contributed by atoms with Crippen molar-refractivity contribution in [3.05, 3.63) is 42.2 Å². The van der Waals surface area contributed by atoms with Crippen LogP contribution >= 0.6 is 0 Å². The highest BCUT2D eigenvalue weighted by molar-refractivity contribution is 5.52. The lowest BCUT2D eigenvalue weighted by Gasteiger charge is -2.35. The van der Waals surface area contributed by atoms with Crippen LogP contribution in [-0.4, -0.2) is 55.4 Å². The van der Waals surface area contributed by atoms with Gasteiger partial charge < -0.3 is 19.9 Å². The van der Waals surface area contributed by atoms with Gasteiger partial charge in [0.1, 0.15) is 18.0 Å². The molecule has 156 valence electrons. The van der Waals surface area contributed by atoms with Crippen LogP contribution in [0.1, 0.15) is 18.4 Å². The van der Waals surface area contributed by atoms with Gasteiger partial charge in [0.15, 0.2) is 0 Å². The molecule has 2 aliphatic rings. The van der Waals surface area contributed by atoms with Crippen LogP contribution in [0, 0.1) is 0 Å². The van der Waals surface area contributed by atoms with Crippen molar-refractivity contribution >= 4 is 17.3 Å². The molecule has 0 saturated carbocycles. The van der Waals surface area contributed by atoms with E-state index in [1.807, 2.05) is 11.0 Å². The number of alkyl halides is 3. The third kappa shape index (κ3) is 4.90. The van der Waals surface area contributed by atoms with Gasteiger partial charge in [0, 0.05) is 44.0 Å². The molecular weight excluding hydrogens is 383 g/mol. The molecule has 4 rings (SSSR count). The van der Waals surface area contributed by atoms with Gasteiger partial charge in [0.25, 0.3) is 0 Å². The summed E-state index contributed by atoms with van der Waals surface area (Å²) in [6.07, 6.45) is -0.956. The molecule has 9 heteroatoms. The fourth-order valence-corrected chi connectivity index (χ4v) is 3.81. The predicted molar refractivity (Wildman–Crippen MR) is 105 cm³/mol.